The maximum absolute atomic E-state index is 12.5. The molecule has 0 spiro atoms. The highest BCUT2D eigenvalue weighted by Gasteiger charge is 2.40. The van der Waals surface area contributed by atoms with Gasteiger partial charge in [-0.15, -0.1) is 0 Å². The van der Waals surface area contributed by atoms with Gasteiger partial charge in [-0.1, -0.05) is 11.3 Å². The van der Waals surface area contributed by atoms with Crippen molar-refractivity contribution in [3.8, 4) is 11.1 Å². The summed E-state index contributed by atoms with van der Waals surface area (Å²) in [7, 11) is 0. The zero-order valence-electron chi connectivity index (χ0n) is 12.9. The van der Waals surface area contributed by atoms with Crippen LogP contribution < -0.4 is 10.1 Å². The lowest BCUT2D eigenvalue weighted by molar-refractivity contribution is 0.0218. The minimum absolute atomic E-state index is 0.0251. The van der Waals surface area contributed by atoms with E-state index in [9.17, 15) is 4.79 Å². The fourth-order valence-corrected chi connectivity index (χ4v) is 4.37. The monoisotopic (exact) mass is 333 g/mol. The third-order valence-corrected chi connectivity index (χ3v) is 5.84. The number of piperidine rings is 3. The first-order chi connectivity index (χ1) is 11.2. The number of thiophene rings is 1. The number of fused-ring (bicyclic) bond motifs is 3. The minimum atomic E-state index is -0.0251. The summed E-state index contributed by atoms with van der Waals surface area (Å²) < 4.78 is 10.5. The largest absolute Gasteiger partial charge is 0.417 e. The van der Waals surface area contributed by atoms with Crippen LogP contribution in [0.25, 0.3) is 0 Å². The van der Waals surface area contributed by atoms with E-state index in [4.69, 9.17) is 9.15 Å². The quantitative estimate of drug-likeness (QED) is 0.932. The molecule has 0 saturated carbocycles. The fraction of sp³-hybridized carbons (Fsp3) is 0.500. The number of hydrogen-bond donors (Lipinski definition) is 1. The van der Waals surface area contributed by atoms with Gasteiger partial charge in [-0.2, -0.15) is 4.98 Å². The molecule has 2 unspecified atom stereocenters. The van der Waals surface area contributed by atoms with Crippen molar-refractivity contribution in [1.29, 1.82) is 0 Å². The molecule has 2 aromatic heterocycles. The molecule has 0 radical (unpaired) electrons. The summed E-state index contributed by atoms with van der Waals surface area (Å²) in [6, 6.07) is 4.20. The third kappa shape index (κ3) is 2.86. The minimum Gasteiger partial charge on any atom is -0.417 e. The molecule has 7 heteroatoms. The summed E-state index contributed by atoms with van der Waals surface area (Å²) in [6.07, 6.45) is 5.51. The van der Waals surface area contributed by atoms with E-state index in [0.29, 0.717) is 21.9 Å². The van der Waals surface area contributed by atoms with Crippen molar-refractivity contribution in [2.75, 3.05) is 13.1 Å². The maximum Gasteiger partial charge on any atom is 0.399 e. The van der Waals surface area contributed by atoms with Crippen molar-refractivity contribution in [3.05, 3.63) is 29.5 Å². The summed E-state index contributed by atoms with van der Waals surface area (Å²) in [4.78, 5) is 19.6. The van der Waals surface area contributed by atoms with Crippen LogP contribution in [0.3, 0.4) is 0 Å². The van der Waals surface area contributed by atoms with Gasteiger partial charge < -0.3 is 14.5 Å². The van der Waals surface area contributed by atoms with Crippen molar-refractivity contribution in [2.45, 2.75) is 31.8 Å². The maximum atomic E-state index is 12.5. The van der Waals surface area contributed by atoms with Gasteiger partial charge >= 0.3 is 6.08 Å². The molecule has 23 heavy (non-hydrogen) atoms. The van der Waals surface area contributed by atoms with Crippen LogP contribution in [0.15, 0.2) is 29.0 Å². The Morgan fingerprint density at radius 1 is 1.43 bits per heavy atom. The summed E-state index contributed by atoms with van der Waals surface area (Å²) in [5.74, 6) is 0.574. The van der Waals surface area contributed by atoms with Crippen LogP contribution in [0, 0.1) is 5.92 Å². The number of rotatable bonds is 4. The second kappa shape index (κ2) is 5.98. The van der Waals surface area contributed by atoms with Crippen molar-refractivity contribution < 1.29 is 13.9 Å². The highest BCUT2D eigenvalue weighted by atomic mass is 32.1. The second-order valence-corrected chi connectivity index (χ2v) is 7.18. The number of nitrogens with one attached hydrogen (secondary N) is 1. The van der Waals surface area contributed by atoms with Crippen LogP contribution in [0.5, 0.6) is 11.1 Å². The molecule has 3 saturated heterocycles. The number of ether oxygens (including phenoxy) is 1. The number of aromatic nitrogens is 1. The first-order valence-corrected chi connectivity index (χ1v) is 8.74. The Morgan fingerprint density at radius 3 is 2.96 bits per heavy atom. The van der Waals surface area contributed by atoms with E-state index < -0.39 is 0 Å². The number of nitrogens with zero attached hydrogens (tertiary/aromatic N) is 2. The predicted octanol–water partition coefficient (Wildman–Crippen LogP) is 2.74. The molecular weight excluding hydrogens is 314 g/mol. The van der Waals surface area contributed by atoms with E-state index in [1.54, 1.807) is 12.1 Å². The van der Waals surface area contributed by atoms with Gasteiger partial charge in [-0.25, -0.2) is 0 Å². The number of carbonyl (C=O) groups is 1. The van der Waals surface area contributed by atoms with Crippen LogP contribution in [0.1, 0.15) is 29.4 Å². The van der Waals surface area contributed by atoms with E-state index in [2.05, 4.69) is 22.1 Å². The molecule has 2 bridgehead atoms. The normalized spacial score (nSPS) is 29.4. The topological polar surface area (TPSA) is 67.6 Å². The Balaban J connectivity index is 1.42. The standard InChI is InChI=1S/C16H19N3O3S/c1-10-14(11-4-7-19(10)8-5-11)18-15(20)12-2-3-13(23-12)22-16-17-6-9-21-16/h2-3,6,9-11,14H,4-5,7-8H2,1H3,(H,18,20). The summed E-state index contributed by atoms with van der Waals surface area (Å²) >= 11 is 1.30. The van der Waals surface area contributed by atoms with E-state index in [1.165, 1.54) is 36.6 Å². The molecule has 2 aromatic rings. The average Bonchev–Trinajstić information content (AvgIpc) is 3.23. The first kappa shape index (κ1) is 14.7. The van der Waals surface area contributed by atoms with Gasteiger partial charge in [-0.3, -0.25) is 9.69 Å². The zero-order valence-corrected chi connectivity index (χ0v) is 13.7. The summed E-state index contributed by atoms with van der Waals surface area (Å²) in [5.41, 5.74) is 0. The van der Waals surface area contributed by atoms with Gasteiger partial charge in [0.15, 0.2) is 5.06 Å². The lowest BCUT2D eigenvalue weighted by atomic mass is 9.79. The Kier molecular flexibility index (Phi) is 3.82. The van der Waals surface area contributed by atoms with Crippen LogP contribution in [0.4, 0.5) is 0 Å². The lowest BCUT2D eigenvalue weighted by Crippen LogP contribution is -2.62. The number of carbonyl (C=O) groups excluding carboxylic acids is 1. The van der Waals surface area contributed by atoms with Crippen LogP contribution in [-0.2, 0) is 0 Å². The molecule has 122 valence electrons. The van der Waals surface area contributed by atoms with Gasteiger partial charge in [0.25, 0.3) is 5.91 Å². The van der Waals surface area contributed by atoms with E-state index in [0.717, 1.165) is 13.1 Å². The molecule has 0 aromatic carbocycles. The third-order valence-electron chi connectivity index (χ3n) is 4.88. The Labute approximate surface area is 138 Å². The molecule has 2 atom stereocenters. The molecule has 5 heterocycles. The SMILES string of the molecule is CC1C(NC(=O)c2ccc(Oc3ncco3)s2)C2CCN1CC2. The highest BCUT2D eigenvalue weighted by Crippen LogP contribution is 2.33. The van der Waals surface area contributed by atoms with Crippen LogP contribution >= 0.6 is 11.3 Å². The molecule has 6 nitrogen and oxygen atoms in total. The van der Waals surface area contributed by atoms with Crippen molar-refractivity contribution in [3.63, 3.8) is 0 Å². The molecule has 3 aliphatic rings. The van der Waals surface area contributed by atoms with Crippen molar-refractivity contribution in [1.82, 2.24) is 15.2 Å². The number of hydrogen-bond acceptors (Lipinski definition) is 6. The number of oxazole rings is 1. The van der Waals surface area contributed by atoms with Crippen molar-refractivity contribution >= 4 is 17.2 Å². The van der Waals surface area contributed by atoms with E-state index >= 15 is 0 Å². The molecule has 5 rings (SSSR count). The molecular formula is C16H19N3O3S. The Hall–Kier alpha value is -1.86. The van der Waals surface area contributed by atoms with Crippen molar-refractivity contribution in [2.24, 2.45) is 5.92 Å². The van der Waals surface area contributed by atoms with E-state index in [1.807, 2.05) is 0 Å². The Morgan fingerprint density at radius 2 is 2.26 bits per heavy atom. The second-order valence-electron chi connectivity index (χ2n) is 6.13. The Bertz CT molecular complexity index is 675. The molecule has 1 amide bonds. The van der Waals surface area contributed by atoms with Crippen LogP contribution in [0.2, 0.25) is 0 Å². The molecule has 3 aliphatic heterocycles. The van der Waals surface area contributed by atoms with Crippen LogP contribution in [-0.4, -0.2) is 41.0 Å². The van der Waals surface area contributed by atoms with Gasteiger partial charge in [0.1, 0.15) is 6.26 Å². The average molecular weight is 333 g/mol. The molecule has 0 aliphatic carbocycles. The van der Waals surface area contributed by atoms with Gasteiger partial charge in [0.2, 0.25) is 0 Å². The molecule has 1 N–H and O–H groups in total. The highest BCUT2D eigenvalue weighted by molar-refractivity contribution is 7.15. The lowest BCUT2D eigenvalue weighted by Gasteiger charge is -2.49. The smallest absolute Gasteiger partial charge is 0.399 e. The molecule has 3 fully saturated rings. The summed E-state index contributed by atoms with van der Waals surface area (Å²) in [6.45, 7) is 4.53. The summed E-state index contributed by atoms with van der Waals surface area (Å²) in [5, 5.41) is 3.82. The van der Waals surface area contributed by atoms with Gasteiger partial charge in [0.05, 0.1) is 11.1 Å². The van der Waals surface area contributed by atoms with Gasteiger partial charge in [0, 0.05) is 12.1 Å². The number of amides is 1. The van der Waals surface area contributed by atoms with Gasteiger partial charge in [-0.05, 0) is 50.9 Å². The fourth-order valence-electron chi connectivity index (χ4n) is 3.61. The van der Waals surface area contributed by atoms with E-state index in [-0.39, 0.29) is 18.0 Å². The first-order valence-electron chi connectivity index (χ1n) is 7.93. The zero-order chi connectivity index (χ0) is 15.8. The predicted molar refractivity (Wildman–Crippen MR) is 85.9 cm³/mol.